The number of fused-ring (bicyclic) bond motifs is 1. The van der Waals surface area contributed by atoms with Crippen molar-refractivity contribution in [2.24, 2.45) is 0 Å². The molecule has 1 aliphatic carbocycles. The third-order valence-electron chi connectivity index (χ3n) is 6.25. The normalized spacial score (nSPS) is 26.6. The van der Waals surface area contributed by atoms with E-state index in [1.54, 1.807) is 12.1 Å². The Morgan fingerprint density at radius 2 is 1.64 bits per heavy atom. The molecule has 0 N–H and O–H groups in total. The molecule has 1 heterocycles. The van der Waals surface area contributed by atoms with Gasteiger partial charge in [0, 0.05) is 37.1 Å². The summed E-state index contributed by atoms with van der Waals surface area (Å²) in [4.78, 5) is 5.12. The quantitative estimate of drug-likeness (QED) is 0.799. The maximum Gasteiger partial charge on any atom is 0.123 e. The van der Waals surface area contributed by atoms with Gasteiger partial charge in [0.15, 0.2) is 0 Å². The Balaban J connectivity index is 1.66. The van der Waals surface area contributed by atoms with E-state index in [2.05, 4.69) is 55.0 Å². The van der Waals surface area contributed by atoms with Crippen molar-refractivity contribution < 1.29 is 4.39 Å². The minimum Gasteiger partial charge on any atom is -0.299 e. The molecule has 3 heteroatoms. The molecule has 1 fully saturated rings. The summed E-state index contributed by atoms with van der Waals surface area (Å²) < 4.78 is 13.3. The van der Waals surface area contributed by atoms with Gasteiger partial charge in [-0.25, -0.2) is 4.39 Å². The molecule has 2 aromatic rings. The Morgan fingerprint density at radius 1 is 0.960 bits per heavy atom. The predicted octanol–water partition coefficient (Wildman–Crippen LogP) is 4.43. The van der Waals surface area contributed by atoms with Crippen LogP contribution in [0, 0.1) is 5.82 Å². The van der Waals surface area contributed by atoms with E-state index in [0.29, 0.717) is 12.0 Å². The second-order valence-corrected chi connectivity index (χ2v) is 8.19. The summed E-state index contributed by atoms with van der Waals surface area (Å²) in [6, 6.07) is 16.4. The molecule has 2 unspecified atom stereocenters. The van der Waals surface area contributed by atoms with Crippen LogP contribution in [0.15, 0.2) is 48.5 Å². The van der Waals surface area contributed by atoms with Crippen molar-refractivity contribution in [2.75, 3.05) is 26.7 Å². The molecular formula is C22H27FN2. The summed E-state index contributed by atoms with van der Waals surface area (Å²) in [7, 11) is 2.22. The van der Waals surface area contributed by atoms with Gasteiger partial charge in [0.2, 0.25) is 0 Å². The molecule has 132 valence electrons. The van der Waals surface area contributed by atoms with Crippen LogP contribution >= 0.6 is 0 Å². The van der Waals surface area contributed by atoms with Gasteiger partial charge in [-0.1, -0.05) is 36.4 Å². The molecule has 1 aliphatic heterocycles. The Hall–Kier alpha value is -1.71. The van der Waals surface area contributed by atoms with Gasteiger partial charge in [-0.15, -0.1) is 0 Å². The van der Waals surface area contributed by atoms with Crippen molar-refractivity contribution >= 4 is 0 Å². The predicted molar refractivity (Wildman–Crippen MR) is 100 cm³/mol. The Kier molecular flexibility index (Phi) is 4.17. The number of hydrogen-bond acceptors (Lipinski definition) is 2. The number of halogens is 1. The highest BCUT2D eigenvalue weighted by Crippen LogP contribution is 2.47. The summed E-state index contributed by atoms with van der Waals surface area (Å²) in [5, 5.41) is 0. The molecule has 2 aliphatic rings. The van der Waals surface area contributed by atoms with Crippen molar-refractivity contribution in [1.29, 1.82) is 0 Å². The van der Waals surface area contributed by atoms with E-state index in [-0.39, 0.29) is 11.4 Å². The van der Waals surface area contributed by atoms with Gasteiger partial charge in [-0.05, 0) is 56.1 Å². The first-order valence-corrected chi connectivity index (χ1v) is 9.25. The maximum atomic E-state index is 13.3. The molecule has 0 radical (unpaired) electrons. The van der Waals surface area contributed by atoms with Gasteiger partial charge in [0.05, 0.1) is 0 Å². The lowest BCUT2D eigenvalue weighted by molar-refractivity contribution is 0.0158. The van der Waals surface area contributed by atoms with Crippen molar-refractivity contribution in [2.45, 2.75) is 37.8 Å². The van der Waals surface area contributed by atoms with E-state index in [4.69, 9.17) is 0 Å². The monoisotopic (exact) mass is 338 g/mol. The van der Waals surface area contributed by atoms with Gasteiger partial charge in [0.1, 0.15) is 5.82 Å². The Morgan fingerprint density at radius 3 is 2.32 bits per heavy atom. The van der Waals surface area contributed by atoms with Gasteiger partial charge < -0.3 is 0 Å². The van der Waals surface area contributed by atoms with E-state index < -0.39 is 0 Å². The molecule has 4 rings (SSSR count). The second-order valence-electron chi connectivity index (χ2n) is 8.19. The van der Waals surface area contributed by atoms with E-state index >= 15 is 0 Å². The summed E-state index contributed by atoms with van der Waals surface area (Å²) >= 11 is 0. The second kappa shape index (κ2) is 6.22. The zero-order valence-corrected chi connectivity index (χ0v) is 15.4. The largest absolute Gasteiger partial charge is 0.299 e. The highest BCUT2D eigenvalue weighted by molar-refractivity contribution is 5.44. The Bertz CT molecular complexity index is 753. The van der Waals surface area contributed by atoms with Crippen molar-refractivity contribution in [3.8, 4) is 0 Å². The van der Waals surface area contributed by atoms with Crippen LogP contribution in [0.1, 0.15) is 48.9 Å². The number of benzene rings is 2. The zero-order chi connectivity index (χ0) is 17.6. The van der Waals surface area contributed by atoms with Crippen LogP contribution in [0.25, 0.3) is 0 Å². The fraction of sp³-hybridized carbons (Fsp3) is 0.455. The van der Waals surface area contributed by atoms with E-state index in [9.17, 15) is 4.39 Å². The number of piperazine rings is 1. The van der Waals surface area contributed by atoms with E-state index in [1.807, 2.05) is 12.1 Å². The molecule has 0 saturated carbocycles. The molecule has 0 spiro atoms. The third-order valence-corrected chi connectivity index (χ3v) is 6.25. The topological polar surface area (TPSA) is 6.48 Å². The molecule has 0 amide bonds. The first kappa shape index (κ1) is 16.7. The summed E-state index contributed by atoms with van der Waals surface area (Å²) in [6.45, 7) is 7.95. The fourth-order valence-electron chi connectivity index (χ4n) is 4.51. The highest BCUT2D eigenvalue weighted by Gasteiger charge is 2.40. The number of rotatable bonds is 2. The molecule has 2 atom stereocenters. The van der Waals surface area contributed by atoms with Gasteiger partial charge in [-0.3, -0.25) is 9.80 Å². The lowest BCUT2D eigenvalue weighted by Crippen LogP contribution is -2.58. The molecule has 1 saturated heterocycles. The molecule has 25 heavy (non-hydrogen) atoms. The van der Waals surface area contributed by atoms with E-state index in [1.165, 1.54) is 16.7 Å². The summed E-state index contributed by atoms with van der Waals surface area (Å²) in [5.41, 5.74) is 4.29. The van der Waals surface area contributed by atoms with E-state index in [0.717, 1.165) is 26.1 Å². The van der Waals surface area contributed by atoms with Crippen LogP contribution < -0.4 is 0 Å². The molecule has 2 nitrogen and oxygen atoms in total. The van der Waals surface area contributed by atoms with Crippen LogP contribution in [-0.2, 0) is 0 Å². The van der Waals surface area contributed by atoms with Gasteiger partial charge in [0.25, 0.3) is 0 Å². The van der Waals surface area contributed by atoms with Crippen molar-refractivity contribution in [3.63, 3.8) is 0 Å². The highest BCUT2D eigenvalue weighted by atomic mass is 19.1. The molecular weight excluding hydrogens is 311 g/mol. The molecule has 0 aromatic heterocycles. The van der Waals surface area contributed by atoms with Crippen LogP contribution in [0.3, 0.4) is 0 Å². The number of nitrogens with zero attached hydrogens (tertiary/aromatic N) is 2. The minimum atomic E-state index is -0.160. The van der Waals surface area contributed by atoms with Gasteiger partial charge in [-0.2, -0.15) is 0 Å². The van der Waals surface area contributed by atoms with Crippen LogP contribution in [0.2, 0.25) is 0 Å². The van der Waals surface area contributed by atoms with Crippen LogP contribution in [0.4, 0.5) is 4.39 Å². The smallest absolute Gasteiger partial charge is 0.123 e. The lowest BCUT2D eigenvalue weighted by atomic mass is 9.93. The van der Waals surface area contributed by atoms with Crippen molar-refractivity contribution in [1.82, 2.24) is 9.80 Å². The van der Waals surface area contributed by atoms with Crippen LogP contribution in [0.5, 0.6) is 0 Å². The lowest BCUT2D eigenvalue weighted by Gasteiger charge is -2.47. The van der Waals surface area contributed by atoms with Gasteiger partial charge >= 0.3 is 0 Å². The average Bonchev–Trinajstić information content (AvgIpc) is 2.98. The van der Waals surface area contributed by atoms with Crippen molar-refractivity contribution in [3.05, 3.63) is 71.0 Å². The minimum absolute atomic E-state index is 0.160. The molecule has 0 bridgehead atoms. The number of hydrogen-bond donors (Lipinski definition) is 0. The third kappa shape index (κ3) is 3.00. The molecule has 2 aromatic carbocycles. The number of likely N-dealkylation sites (N-methyl/N-ethyl adjacent to an activating group) is 1. The first-order chi connectivity index (χ1) is 12.0. The SMILES string of the molecule is CN1CCN(C2CC(c3ccc(F)cc3)c3ccccc32)CC1(C)C. The summed E-state index contributed by atoms with van der Waals surface area (Å²) in [6.07, 6.45) is 1.09. The first-order valence-electron chi connectivity index (χ1n) is 9.25. The van der Waals surface area contributed by atoms with Crippen LogP contribution in [-0.4, -0.2) is 42.0 Å². The summed E-state index contributed by atoms with van der Waals surface area (Å²) in [5.74, 6) is 0.206. The maximum absolute atomic E-state index is 13.3. The fourth-order valence-corrected chi connectivity index (χ4v) is 4.51. The zero-order valence-electron chi connectivity index (χ0n) is 15.4. The average molecular weight is 338 g/mol. The Labute approximate surface area is 150 Å². The standard InChI is InChI=1S/C22H27FN2/c1-22(2)15-25(13-12-24(22)3)21-14-20(16-8-10-17(23)11-9-16)18-6-4-5-7-19(18)21/h4-11,20-21H,12-15H2,1-3H3.